The van der Waals surface area contributed by atoms with Crippen molar-refractivity contribution in [3.05, 3.63) is 90.5 Å². The smallest absolute Gasteiger partial charge is 0.0562 e. The normalized spacial score (nSPS) is 13.9. The molecule has 1 heterocycles. The number of aromatic nitrogens is 1. The van der Waals surface area contributed by atoms with E-state index in [-0.39, 0.29) is 0 Å². The highest BCUT2D eigenvalue weighted by Gasteiger charge is 2.16. The van der Waals surface area contributed by atoms with E-state index >= 15 is 0 Å². The fourth-order valence-electron chi connectivity index (χ4n) is 4.17. The van der Waals surface area contributed by atoms with Crippen molar-refractivity contribution < 1.29 is 0 Å². The van der Waals surface area contributed by atoms with Crippen molar-refractivity contribution in [3.63, 3.8) is 0 Å². The molecule has 0 bridgehead atoms. The molecule has 0 fully saturated rings. The molecule has 0 radical (unpaired) electrons. The highest BCUT2D eigenvalue weighted by atomic mass is 15.0. The molecule has 2 heteroatoms. The summed E-state index contributed by atoms with van der Waals surface area (Å²) in [7, 11) is 2.01. The van der Waals surface area contributed by atoms with Crippen molar-refractivity contribution in [3.8, 4) is 5.69 Å². The van der Waals surface area contributed by atoms with Crippen molar-refractivity contribution in [2.45, 2.75) is 12.8 Å². The number of para-hydroxylation sites is 2. The lowest BCUT2D eigenvalue weighted by Crippen LogP contribution is -1.98. The molecular formula is C25H22N2. The van der Waals surface area contributed by atoms with E-state index in [1.807, 2.05) is 7.05 Å². The predicted octanol–water partition coefficient (Wildman–Crippen LogP) is 6.56. The fourth-order valence-corrected chi connectivity index (χ4v) is 4.17. The van der Waals surface area contributed by atoms with Gasteiger partial charge >= 0.3 is 0 Å². The van der Waals surface area contributed by atoms with Gasteiger partial charge < -0.3 is 9.88 Å². The van der Waals surface area contributed by atoms with Gasteiger partial charge in [-0.2, -0.15) is 0 Å². The van der Waals surface area contributed by atoms with Crippen LogP contribution in [0.1, 0.15) is 18.4 Å². The van der Waals surface area contributed by atoms with Gasteiger partial charge in [0, 0.05) is 34.8 Å². The summed E-state index contributed by atoms with van der Waals surface area (Å²) in [6.07, 6.45) is 8.87. The van der Waals surface area contributed by atoms with Gasteiger partial charge in [0.05, 0.1) is 11.0 Å². The number of rotatable bonds is 3. The third kappa shape index (κ3) is 2.57. The molecule has 0 saturated carbocycles. The van der Waals surface area contributed by atoms with Crippen molar-refractivity contribution in [2.75, 3.05) is 12.4 Å². The van der Waals surface area contributed by atoms with Gasteiger partial charge in [0.25, 0.3) is 0 Å². The van der Waals surface area contributed by atoms with Crippen LogP contribution in [0.15, 0.2) is 85.0 Å². The van der Waals surface area contributed by atoms with Crippen LogP contribution in [0.3, 0.4) is 0 Å². The maximum Gasteiger partial charge on any atom is 0.0562 e. The Morgan fingerprint density at radius 2 is 1.67 bits per heavy atom. The second-order valence-electron chi connectivity index (χ2n) is 7.01. The topological polar surface area (TPSA) is 17.0 Å². The van der Waals surface area contributed by atoms with Crippen molar-refractivity contribution >= 4 is 33.1 Å². The van der Waals surface area contributed by atoms with E-state index in [1.165, 1.54) is 44.3 Å². The average molecular weight is 350 g/mol. The number of anilines is 1. The summed E-state index contributed by atoms with van der Waals surface area (Å²) >= 11 is 0. The van der Waals surface area contributed by atoms with Crippen LogP contribution in [-0.2, 0) is 0 Å². The van der Waals surface area contributed by atoms with Crippen LogP contribution < -0.4 is 5.32 Å². The zero-order chi connectivity index (χ0) is 18.2. The summed E-state index contributed by atoms with van der Waals surface area (Å²) in [6.45, 7) is 0. The SMILES string of the molecule is CNc1cc2c(cc1C1=CC=CCC1)c1ccccc1n2-c1ccccc1. The van der Waals surface area contributed by atoms with Crippen LogP contribution in [0.25, 0.3) is 33.1 Å². The van der Waals surface area contributed by atoms with Gasteiger partial charge in [-0.15, -0.1) is 0 Å². The highest BCUT2D eigenvalue weighted by molar-refractivity contribution is 6.11. The first kappa shape index (κ1) is 16.0. The Hall–Kier alpha value is -3.26. The van der Waals surface area contributed by atoms with Crippen LogP contribution in [0.5, 0.6) is 0 Å². The number of nitrogens with one attached hydrogen (secondary N) is 1. The predicted molar refractivity (Wildman–Crippen MR) is 117 cm³/mol. The fraction of sp³-hybridized carbons (Fsp3) is 0.120. The van der Waals surface area contributed by atoms with E-state index in [4.69, 9.17) is 0 Å². The van der Waals surface area contributed by atoms with Gasteiger partial charge in [0.2, 0.25) is 0 Å². The molecule has 4 aromatic rings. The molecule has 1 aliphatic carbocycles. The molecule has 1 aliphatic rings. The first-order valence-electron chi connectivity index (χ1n) is 9.53. The number of benzene rings is 3. The Morgan fingerprint density at radius 1 is 0.852 bits per heavy atom. The monoisotopic (exact) mass is 350 g/mol. The summed E-state index contributed by atoms with van der Waals surface area (Å²) in [5.74, 6) is 0. The Bertz CT molecular complexity index is 1190. The molecule has 0 unspecified atom stereocenters. The maximum absolute atomic E-state index is 3.43. The quantitative estimate of drug-likeness (QED) is 0.443. The summed E-state index contributed by atoms with van der Waals surface area (Å²) < 4.78 is 2.37. The van der Waals surface area contributed by atoms with E-state index in [9.17, 15) is 0 Å². The molecule has 2 nitrogen and oxygen atoms in total. The molecule has 5 rings (SSSR count). The molecule has 0 aliphatic heterocycles. The molecule has 0 saturated heterocycles. The summed E-state index contributed by atoms with van der Waals surface area (Å²) in [6, 6.07) is 24.0. The zero-order valence-electron chi connectivity index (χ0n) is 15.4. The minimum atomic E-state index is 1.09. The number of hydrogen-bond acceptors (Lipinski definition) is 1. The standard InChI is InChI=1S/C25H22N2/c1-26-23-17-25-22(16-21(23)18-10-4-2-5-11-18)20-14-8-9-15-24(20)27(25)19-12-6-3-7-13-19/h2-4,6-10,12-17,26H,5,11H2,1H3. The first-order chi connectivity index (χ1) is 13.4. The van der Waals surface area contributed by atoms with Crippen LogP contribution in [-0.4, -0.2) is 11.6 Å². The summed E-state index contributed by atoms with van der Waals surface area (Å²) in [5.41, 5.74) is 7.57. The third-order valence-corrected chi connectivity index (χ3v) is 5.46. The van der Waals surface area contributed by atoms with Crippen LogP contribution in [0.2, 0.25) is 0 Å². The van der Waals surface area contributed by atoms with Gasteiger partial charge in [0.15, 0.2) is 0 Å². The van der Waals surface area contributed by atoms with Crippen molar-refractivity contribution in [2.24, 2.45) is 0 Å². The lowest BCUT2D eigenvalue weighted by Gasteiger charge is -2.16. The Morgan fingerprint density at radius 3 is 2.44 bits per heavy atom. The Balaban J connectivity index is 1.88. The third-order valence-electron chi connectivity index (χ3n) is 5.46. The van der Waals surface area contributed by atoms with Crippen molar-refractivity contribution in [1.82, 2.24) is 4.57 Å². The van der Waals surface area contributed by atoms with E-state index < -0.39 is 0 Å². The number of nitrogens with zero attached hydrogens (tertiary/aromatic N) is 1. The average Bonchev–Trinajstić information content (AvgIpc) is 3.07. The van der Waals surface area contributed by atoms with Gasteiger partial charge in [-0.05, 0) is 48.7 Å². The van der Waals surface area contributed by atoms with Crippen LogP contribution in [0.4, 0.5) is 5.69 Å². The molecule has 1 aromatic heterocycles. The molecule has 0 amide bonds. The second kappa shape index (κ2) is 6.48. The summed E-state index contributed by atoms with van der Waals surface area (Å²) in [5, 5.41) is 6.03. The van der Waals surface area contributed by atoms with Crippen LogP contribution >= 0.6 is 0 Å². The lowest BCUT2D eigenvalue weighted by molar-refractivity contribution is 1.05. The Kier molecular flexibility index (Phi) is 3.83. The highest BCUT2D eigenvalue weighted by Crippen LogP contribution is 2.38. The molecule has 3 aromatic carbocycles. The first-order valence-corrected chi connectivity index (χ1v) is 9.53. The lowest BCUT2D eigenvalue weighted by atomic mass is 9.94. The zero-order valence-corrected chi connectivity index (χ0v) is 15.4. The van der Waals surface area contributed by atoms with E-state index in [2.05, 4.69) is 94.8 Å². The number of hydrogen-bond donors (Lipinski definition) is 1. The molecule has 0 spiro atoms. The molecule has 1 N–H and O–H groups in total. The van der Waals surface area contributed by atoms with E-state index in [0.717, 1.165) is 12.8 Å². The molecule has 0 atom stereocenters. The Labute approximate surface area is 159 Å². The minimum Gasteiger partial charge on any atom is -0.388 e. The van der Waals surface area contributed by atoms with Gasteiger partial charge in [-0.3, -0.25) is 0 Å². The van der Waals surface area contributed by atoms with E-state index in [1.54, 1.807) is 0 Å². The number of allylic oxidation sites excluding steroid dienone is 4. The number of fused-ring (bicyclic) bond motifs is 3. The molecular weight excluding hydrogens is 328 g/mol. The largest absolute Gasteiger partial charge is 0.388 e. The van der Waals surface area contributed by atoms with Gasteiger partial charge in [0.1, 0.15) is 0 Å². The van der Waals surface area contributed by atoms with Crippen LogP contribution in [0, 0.1) is 0 Å². The summed E-state index contributed by atoms with van der Waals surface area (Å²) in [4.78, 5) is 0. The second-order valence-corrected chi connectivity index (χ2v) is 7.01. The maximum atomic E-state index is 3.43. The van der Waals surface area contributed by atoms with E-state index in [0.29, 0.717) is 0 Å². The minimum absolute atomic E-state index is 1.09. The van der Waals surface area contributed by atoms with Gasteiger partial charge in [-0.25, -0.2) is 0 Å². The van der Waals surface area contributed by atoms with Crippen molar-refractivity contribution in [1.29, 1.82) is 0 Å². The van der Waals surface area contributed by atoms with Gasteiger partial charge in [-0.1, -0.05) is 54.6 Å². The molecule has 27 heavy (non-hydrogen) atoms. The molecule has 132 valence electrons.